The molecule has 0 saturated heterocycles. The second-order valence-electron chi connectivity index (χ2n) is 6.44. The molecule has 1 N–H and O–H groups in total. The molecule has 0 radical (unpaired) electrons. The van der Waals surface area contributed by atoms with Crippen LogP contribution in [0, 0.1) is 0 Å². The van der Waals surface area contributed by atoms with Gasteiger partial charge in [0, 0.05) is 18.3 Å². The van der Waals surface area contributed by atoms with Crippen molar-refractivity contribution in [2.75, 3.05) is 5.32 Å². The average Bonchev–Trinajstić information content (AvgIpc) is 3.03. The predicted octanol–water partition coefficient (Wildman–Crippen LogP) is 5.38. The van der Waals surface area contributed by atoms with Gasteiger partial charge in [-0.3, -0.25) is 0 Å². The summed E-state index contributed by atoms with van der Waals surface area (Å²) in [7, 11) is 0. The maximum atomic E-state index is 4.53. The zero-order chi connectivity index (χ0) is 16.5. The summed E-state index contributed by atoms with van der Waals surface area (Å²) in [5.74, 6) is 0. The van der Waals surface area contributed by atoms with Crippen LogP contribution in [0.15, 0.2) is 67.0 Å². The van der Waals surface area contributed by atoms with Crippen molar-refractivity contribution in [1.82, 2.24) is 9.55 Å². The Bertz CT molecular complexity index is 993. The molecule has 24 heavy (non-hydrogen) atoms. The molecular weight excluding hydrogens is 294 g/mol. The standard InChI is InChI=1S/C21H21N3/c1-15(2)24-14-23-20-12-18(10-11-21(20)24)22-13-17-8-5-7-16-6-3-4-9-19(16)17/h3-12,14-15,22H,13H2,1-2H3. The van der Waals surface area contributed by atoms with E-state index in [0.29, 0.717) is 6.04 Å². The summed E-state index contributed by atoms with van der Waals surface area (Å²) in [4.78, 5) is 4.53. The third kappa shape index (κ3) is 2.62. The number of nitrogens with one attached hydrogen (secondary N) is 1. The van der Waals surface area contributed by atoms with Gasteiger partial charge in [0.05, 0.1) is 17.4 Å². The number of nitrogens with zero attached hydrogens (tertiary/aromatic N) is 2. The highest BCUT2D eigenvalue weighted by Gasteiger charge is 2.06. The van der Waals surface area contributed by atoms with Crippen molar-refractivity contribution >= 4 is 27.5 Å². The Kier molecular flexibility index (Phi) is 3.69. The van der Waals surface area contributed by atoms with Gasteiger partial charge in [0.1, 0.15) is 0 Å². The van der Waals surface area contributed by atoms with Crippen LogP contribution in [-0.2, 0) is 6.54 Å². The van der Waals surface area contributed by atoms with Crippen LogP contribution < -0.4 is 5.32 Å². The van der Waals surface area contributed by atoms with E-state index in [1.165, 1.54) is 21.9 Å². The van der Waals surface area contributed by atoms with E-state index in [9.17, 15) is 0 Å². The van der Waals surface area contributed by atoms with Gasteiger partial charge < -0.3 is 9.88 Å². The van der Waals surface area contributed by atoms with Crippen LogP contribution in [-0.4, -0.2) is 9.55 Å². The van der Waals surface area contributed by atoms with Crippen LogP contribution in [0.4, 0.5) is 5.69 Å². The average molecular weight is 315 g/mol. The molecule has 0 unspecified atom stereocenters. The minimum Gasteiger partial charge on any atom is -0.381 e. The summed E-state index contributed by atoms with van der Waals surface area (Å²) < 4.78 is 2.20. The molecule has 1 heterocycles. The van der Waals surface area contributed by atoms with Gasteiger partial charge >= 0.3 is 0 Å². The Balaban J connectivity index is 1.60. The van der Waals surface area contributed by atoms with E-state index in [1.54, 1.807) is 0 Å². The topological polar surface area (TPSA) is 29.9 Å². The van der Waals surface area contributed by atoms with Crippen molar-refractivity contribution < 1.29 is 0 Å². The summed E-state index contributed by atoms with van der Waals surface area (Å²) in [6.45, 7) is 5.15. The minimum absolute atomic E-state index is 0.421. The first kappa shape index (κ1) is 14.8. The maximum absolute atomic E-state index is 4.53. The maximum Gasteiger partial charge on any atom is 0.0960 e. The first-order valence-corrected chi connectivity index (χ1v) is 8.39. The lowest BCUT2D eigenvalue weighted by atomic mass is 10.0. The molecule has 3 aromatic carbocycles. The van der Waals surface area contributed by atoms with Crippen LogP contribution in [0.2, 0.25) is 0 Å². The summed E-state index contributed by atoms with van der Waals surface area (Å²) in [5, 5.41) is 6.12. The third-order valence-electron chi connectivity index (χ3n) is 4.49. The van der Waals surface area contributed by atoms with Gasteiger partial charge in [-0.25, -0.2) is 4.98 Å². The van der Waals surface area contributed by atoms with Crippen LogP contribution >= 0.6 is 0 Å². The molecule has 0 spiro atoms. The molecule has 120 valence electrons. The van der Waals surface area contributed by atoms with Gasteiger partial charge in [-0.15, -0.1) is 0 Å². The third-order valence-corrected chi connectivity index (χ3v) is 4.49. The van der Waals surface area contributed by atoms with E-state index in [0.717, 1.165) is 17.7 Å². The number of hydrogen-bond acceptors (Lipinski definition) is 2. The molecule has 0 saturated carbocycles. The number of benzene rings is 3. The van der Waals surface area contributed by atoms with Crippen molar-refractivity contribution in [3.05, 3.63) is 72.6 Å². The normalized spacial score (nSPS) is 11.5. The van der Waals surface area contributed by atoms with E-state index in [-0.39, 0.29) is 0 Å². The summed E-state index contributed by atoms with van der Waals surface area (Å²) in [5.41, 5.74) is 4.62. The molecule has 3 nitrogen and oxygen atoms in total. The van der Waals surface area contributed by atoms with Crippen LogP contribution in [0.3, 0.4) is 0 Å². The Hall–Kier alpha value is -2.81. The molecule has 3 heteroatoms. The van der Waals surface area contributed by atoms with Crippen molar-refractivity contribution in [3.63, 3.8) is 0 Å². The summed E-state index contributed by atoms with van der Waals surface area (Å²) >= 11 is 0. The van der Waals surface area contributed by atoms with Gasteiger partial charge in [0.25, 0.3) is 0 Å². The van der Waals surface area contributed by atoms with E-state index >= 15 is 0 Å². The van der Waals surface area contributed by atoms with Crippen molar-refractivity contribution in [2.24, 2.45) is 0 Å². The summed E-state index contributed by atoms with van der Waals surface area (Å²) in [6.07, 6.45) is 1.92. The number of fused-ring (bicyclic) bond motifs is 2. The Morgan fingerprint density at radius 1 is 1.00 bits per heavy atom. The Morgan fingerprint density at radius 2 is 1.83 bits per heavy atom. The number of aromatic nitrogens is 2. The second kappa shape index (κ2) is 6.00. The number of anilines is 1. The van der Waals surface area contributed by atoms with Gasteiger partial charge in [-0.1, -0.05) is 42.5 Å². The molecule has 0 atom stereocenters. The van der Waals surface area contributed by atoms with Crippen LogP contribution in [0.5, 0.6) is 0 Å². The fraction of sp³-hybridized carbons (Fsp3) is 0.190. The van der Waals surface area contributed by atoms with Crippen molar-refractivity contribution in [1.29, 1.82) is 0 Å². The number of rotatable bonds is 4. The highest BCUT2D eigenvalue weighted by atomic mass is 15.1. The minimum atomic E-state index is 0.421. The lowest BCUT2D eigenvalue weighted by Gasteiger charge is -2.11. The molecular formula is C21H21N3. The second-order valence-corrected chi connectivity index (χ2v) is 6.44. The summed E-state index contributed by atoms with van der Waals surface area (Å²) in [6, 6.07) is 21.8. The van der Waals surface area contributed by atoms with Crippen LogP contribution in [0.25, 0.3) is 21.8 Å². The van der Waals surface area contributed by atoms with Crippen LogP contribution in [0.1, 0.15) is 25.5 Å². The van der Waals surface area contributed by atoms with Gasteiger partial charge in [0.15, 0.2) is 0 Å². The fourth-order valence-electron chi connectivity index (χ4n) is 3.20. The Labute approximate surface area is 142 Å². The van der Waals surface area contributed by atoms with Gasteiger partial charge in [0.2, 0.25) is 0 Å². The lowest BCUT2D eigenvalue weighted by Crippen LogP contribution is -2.01. The molecule has 0 aliphatic carbocycles. The monoisotopic (exact) mass is 315 g/mol. The molecule has 0 aliphatic rings. The fourth-order valence-corrected chi connectivity index (χ4v) is 3.20. The predicted molar refractivity (Wildman–Crippen MR) is 101 cm³/mol. The zero-order valence-electron chi connectivity index (χ0n) is 14.0. The largest absolute Gasteiger partial charge is 0.381 e. The first-order valence-electron chi connectivity index (χ1n) is 8.39. The smallest absolute Gasteiger partial charge is 0.0960 e. The molecule has 4 aromatic rings. The van der Waals surface area contributed by atoms with Gasteiger partial charge in [-0.2, -0.15) is 0 Å². The quantitative estimate of drug-likeness (QED) is 0.548. The van der Waals surface area contributed by atoms with Crippen molar-refractivity contribution in [3.8, 4) is 0 Å². The molecule has 4 rings (SSSR count). The van der Waals surface area contributed by atoms with Gasteiger partial charge in [-0.05, 0) is 48.4 Å². The number of imidazole rings is 1. The van der Waals surface area contributed by atoms with E-state index < -0.39 is 0 Å². The van der Waals surface area contributed by atoms with E-state index in [1.807, 2.05) is 6.33 Å². The highest BCUT2D eigenvalue weighted by Crippen LogP contribution is 2.23. The first-order chi connectivity index (χ1) is 11.7. The lowest BCUT2D eigenvalue weighted by molar-refractivity contribution is 0.617. The van der Waals surface area contributed by atoms with Crippen molar-refractivity contribution in [2.45, 2.75) is 26.4 Å². The molecule has 0 bridgehead atoms. The zero-order valence-corrected chi connectivity index (χ0v) is 14.0. The molecule has 0 amide bonds. The SMILES string of the molecule is CC(C)n1cnc2cc(NCc3cccc4ccccc34)ccc21. The van der Waals surface area contributed by atoms with E-state index in [2.05, 4.69) is 89.4 Å². The molecule has 1 aromatic heterocycles. The Morgan fingerprint density at radius 3 is 2.71 bits per heavy atom. The highest BCUT2D eigenvalue weighted by molar-refractivity contribution is 5.86. The van der Waals surface area contributed by atoms with E-state index in [4.69, 9.17) is 0 Å². The molecule has 0 aliphatic heterocycles. The number of hydrogen-bond donors (Lipinski definition) is 1. The molecule has 0 fully saturated rings.